The van der Waals surface area contributed by atoms with Crippen LogP contribution in [0.4, 0.5) is 0 Å². The molecule has 0 aliphatic carbocycles. The Morgan fingerprint density at radius 1 is 0.333 bits per heavy atom. The van der Waals surface area contributed by atoms with E-state index in [1.165, 1.54) is 0 Å². The maximum atomic E-state index is 0. The molecule has 0 heterocycles. The summed E-state index contributed by atoms with van der Waals surface area (Å²) in [5, 5.41) is 0. The van der Waals surface area contributed by atoms with Gasteiger partial charge in [-0.2, -0.15) is 0 Å². The molecule has 0 rings (SSSR count). The standard InChI is InChI=1S/5ClH.Mg.2H/h5*1H;;;. The number of halogens is 5. The van der Waals surface area contributed by atoms with Gasteiger partial charge in [0.05, 0.1) is 0 Å². The minimum atomic E-state index is 0. The molecule has 0 atom stereocenters. The van der Waals surface area contributed by atoms with Crippen LogP contribution in [-0.2, 0) is 0 Å². The zero-order valence-corrected chi connectivity index (χ0v) is 6.12. The highest BCUT2D eigenvalue weighted by Gasteiger charge is 0.316. The van der Waals surface area contributed by atoms with E-state index < -0.39 is 0 Å². The Balaban J connectivity index is 0. The van der Waals surface area contributed by atoms with E-state index in [9.17, 15) is 0 Å². The summed E-state index contributed by atoms with van der Waals surface area (Å²) >= 11 is 0. The van der Waals surface area contributed by atoms with E-state index >= 15 is 0 Å². The van der Waals surface area contributed by atoms with Crippen molar-refractivity contribution in [2.75, 3.05) is 0 Å². The zero-order valence-electron chi connectivity index (χ0n) is 2.04. The summed E-state index contributed by atoms with van der Waals surface area (Å²) in [5.74, 6) is 0. The van der Waals surface area contributed by atoms with Gasteiger partial charge in [0.15, 0.2) is 0 Å². The molecule has 0 aliphatic heterocycles. The van der Waals surface area contributed by atoms with Crippen LogP contribution in [0.5, 0.6) is 0 Å². The normalized spacial score (nSPS) is 0. The van der Waals surface area contributed by atoms with Crippen molar-refractivity contribution in [2.45, 2.75) is 0 Å². The number of rotatable bonds is 0. The first kappa shape index (κ1) is 87.1. The van der Waals surface area contributed by atoms with E-state index in [2.05, 4.69) is 0 Å². The van der Waals surface area contributed by atoms with Crippen LogP contribution in [0.3, 0.4) is 0 Å². The third-order valence-corrected chi connectivity index (χ3v) is 0. The van der Waals surface area contributed by atoms with Gasteiger partial charge in [-0.3, -0.25) is 0 Å². The second-order valence-corrected chi connectivity index (χ2v) is 0. The molecule has 0 aromatic carbocycles. The highest BCUT2D eigenvalue weighted by Crippen LogP contribution is 0.694. The third kappa shape index (κ3) is 34.4. The van der Waals surface area contributed by atoms with Crippen molar-refractivity contribution in [2.24, 2.45) is 0 Å². The van der Waals surface area contributed by atoms with Gasteiger partial charge in [0.25, 0.3) is 0 Å². The van der Waals surface area contributed by atoms with Gasteiger partial charge >= 0.3 is 23.1 Å². The Kier molecular flexibility index (Phi) is 824. The topological polar surface area (TPSA) is 0 Å². The molecule has 0 aromatic rings. The Labute approximate surface area is 84.4 Å². The molecule has 0 aromatic heterocycles. The van der Waals surface area contributed by atoms with Crippen LogP contribution in [-0.4, -0.2) is 23.1 Å². The molecule has 0 radical (unpaired) electrons. The largest absolute Gasteiger partial charge is 0.316 e. The van der Waals surface area contributed by atoms with Crippen LogP contribution in [0.25, 0.3) is 0 Å². The Morgan fingerprint density at radius 2 is 0.333 bits per heavy atom. The summed E-state index contributed by atoms with van der Waals surface area (Å²) in [7, 11) is 0. The van der Waals surface area contributed by atoms with Gasteiger partial charge < -0.3 is 0 Å². The fourth-order valence-electron chi connectivity index (χ4n) is 0. The fourth-order valence-corrected chi connectivity index (χ4v) is 0. The molecular formula is H7Cl5Mg. The van der Waals surface area contributed by atoms with Crippen molar-refractivity contribution >= 4 is 85.1 Å². The van der Waals surface area contributed by atoms with Crippen molar-refractivity contribution in [3.63, 3.8) is 0 Å². The summed E-state index contributed by atoms with van der Waals surface area (Å²) in [6.45, 7) is 0. The van der Waals surface area contributed by atoms with Crippen molar-refractivity contribution < 1.29 is 0 Å². The first-order chi connectivity index (χ1) is 0. The molecule has 0 saturated carbocycles. The van der Waals surface area contributed by atoms with E-state index in [1.54, 1.807) is 0 Å². The van der Waals surface area contributed by atoms with Crippen LogP contribution in [0.1, 0.15) is 0 Å². The second-order valence-electron chi connectivity index (χ2n) is 0. The first-order valence-electron chi connectivity index (χ1n) is 0. The minimum Gasteiger partial charge on any atom is -0.147 e. The molecule has 0 amide bonds. The molecule has 0 N–H and O–H groups in total. The Hall–Kier alpha value is 2.22. The lowest BCUT2D eigenvalue weighted by Gasteiger charge is -0.148. The molecule has 0 saturated heterocycles. The van der Waals surface area contributed by atoms with Gasteiger partial charge in [0.1, 0.15) is 0 Å². The summed E-state index contributed by atoms with van der Waals surface area (Å²) in [6, 6.07) is 0. The Morgan fingerprint density at radius 3 is 0.333 bits per heavy atom. The highest BCUT2D eigenvalue weighted by atomic mass is 35.5. The summed E-state index contributed by atoms with van der Waals surface area (Å²) in [5.41, 5.74) is 0. The molecule has 44 valence electrons. The van der Waals surface area contributed by atoms with E-state index in [1.807, 2.05) is 0 Å². The van der Waals surface area contributed by atoms with E-state index in [0.717, 1.165) is 0 Å². The molecule has 0 bridgehead atoms. The predicted octanol–water partition coefficient (Wildman–Crippen LogP) is 1.19. The lowest BCUT2D eigenvalue weighted by atomic mass is 24.3. The van der Waals surface area contributed by atoms with Gasteiger partial charge in [-0.05, 0) is 0 Å². The molecule has 0 unspecified atom stereocenters. The average Bonchev–Trinajstić information content (AvgIpc) is 0. The molecule has 0 spiro atoms. The quantitative estimate of drug-likeness (QED) is 0.525. The highest BCUT2D eigenvalue weighted by molar-refractivity contribution is 5.86. The SMILES string of the molecule is Cl.Cl.Cl.Cl.Cl.[MgH2]. The minimum absolute atomic E-state index is 0. The maximum absolute atomic E-state index is 0. The van der Waals surface area contributed by atoms with E-state index in [4.69, 9.17) is 0 Å². The molecule has 6 heavy (non-hydrogen) atoms. The van der Waals surface area contributed by atoms with Gasteiger partial charge in [0.2, 0.25) is 0 Å². The monoisotopic (exact) mass is 206 g/mol. The van der Waals surface area contributed by atoms with Crippen LogP contribution in [0.2, 0.25) is 0 Å². The number of hydrogen-bond donors (Lipinski definition) is 0. The summed E-state index contributed by atoms with van der Waals surface area (Å²) < 4.78 is 0. The lowest BCUT2D eigenvalue weighted by Crippen LogP contribution is -0.381. The smallest absolute Gasteiger partial charge is 0.147 e. The molecule has 6 heteroatoms. The van der Waals surface area contributed by atoms with Crippen molar-refractivity contribution in [1.82, 2.24) is 0 Å². The first-order valence-corrected chi connectivity index (χ1v) is 0. The maximum Gasteiger partial charge on any atom is 0.316 e. The molecule has 0 aliphatic rings. The van der Waals surface area contributed by atoms with E-state index in [-0.39, 0.29) is 85.1 Å². The zero-order chi connectivity index (χ0) is 0. The average molecular weight is 209 g/mol. The Bertz CT molecular complexity index is 3.90. The molecular weight excluding hydrogens is 202 g/mol. The lowest BCUT2D eigenvalue weighted by molar-refractivity contribution is 5.75. The fraction of sp³-hybridized carbons (Fsp3) is 0. The molecule has 0 fully saturated rings. The van der Waals surface area contributed by atoms with E-state index in [0.29, 0.717) is 0 Å². The van der Waals surface area contributed by atoms with Crippen LogP contribution in [0.15, 0.2) is 0 Å². The van der Waals surface area contributed by atoms with Gasteiger partial charge in [-0.15, -0.1) is 62.0 Å². The predicted molar refractivity (Wildman–Crippen MR) is 44.8 cm³/mol. The van der Waals surface area contributed by atoms with Crippen LogP contribution < -0.4 is 0 Å². The van der Waals surface area contributed by atoms with Crippen LogP contribution >= 0.6 is 62.0 Å². The van der Waals surface area contributed by atoms with Gasteiger partial charge in [-0.1, -0.05) is 0 Å². The van der Waals surface area contributed by atoms with Gasteiger partial charge in [-0.25, -0.2) is 0 Å². The summed E-state index contributed by atoms with van der Waals surface area (Å²) in [4.78, 5) is 0. The van der Waals surface area contributed by atoms with Crippen LogP contribution in [0, 0.1) is 0 Å². The van der Waals surface area contributed by atoms with Crippen molar-refractivity contribution in [1.29, 1.82) is 0 Å². The third-order valence-electron chi connectivity index (χ3n) is 0. The number of hydrogen-bond acceptors (Lipinski definition) is 0. The summed E-state index contributed by atoms with van der Waals surface area (Å²) in [6.07, 6.45) is 0. The van der Waals surface area contributed by atoms with Gasteiger partial charge in [0, 0.05) is 0 Å². The second kappa shape index (κ2) is 56.8. The molecule has 0 nitrogen and oxygen atoms in total. The van der Waals surface area contributed by atoms with Crippen molar-refractivity contribution in [3.8, 4) is 0 Å². The van der Waals surface area contributed by atoms with Crippen molar-refractivity contribution in [3.05, 3.63) is 0 Å².